The molecule has 4 rings (SSSR count). The van der Waals surface area contributed by atoms with Gasteiger partial charge in [-0.3, -0.25) is 4.79 Å². The molecule has 1 amide bonds. The number of anilines is 1. The monoisotopic (exact) mass is 462 g/mol. The molecule has 1 N–H and O–H groups in total. The number of hydrogen-bond acceptors (Lipinski definition) is 5. The molecular formula is C24H19ClN4O2S. The number of ether oxygens (including phenoxy) is 1. The summed E-state index contributed by atoms with van der Waals surface area (Å²) >= 11 is 7.19. The zero-order valence-corrected chi connectivity index (χ0v) is 18.8. The third-order valence-corrected chi connectivity index (χ3v) is 5.98. The largest absolute Gasteiger partial charge is 0.486 e. The number of benzene rings is 2. The molecule has 0 spiro atoms. The van der Waals surface area contributed by atoms with Crippen LogP contribution in [0.25, 0.3) is 11.3 Å². The molecule has 8 heteroatoms. The van der Waals surface area contributed by atoms with Gasteiger partial charge in [-0.05, 0) is 31.2 Å². The zero-order valence-electron chi connectivity index (χ0n) is 17.2. The first-order valence-electron chi connectivity index (χ1n) is 9.75. The first-order valence-corrected chi connectivity index (χ1v) is 10.9. The molecule has 2 aromatic carbocycles. The number of hydrogen-bond donors (Lipinski definition) is 1. The van der Waals surface area contributed by atoms with Gasteiger partial charge in [0.1, 0.15) is 33.8 Å². The van der Waals surface area contributed by atoms with E-state index in [0.29, 0.717) is 37.9 Å². The van der Waals surface area contributed by atoms with Crippen LogP contribution in [0.4, 0.5) is 5.82 Å². The van der Waals surface area contributed by atoms with E-state index < -0.39 is 0 Å². The van der Waals surface area contributed by atoms with E-state index in [1.807, 2.05) is 30.3 Å². The molecule has 32 heavy (non-hydrogen) atoms. The molecule has 4 aromatic rings. The summed E-state index contributed by atoms with van der Waals surface area (Å²) in [6, 6.07) is 16.7. The van der Waals surface area contributed by atoms with Gasteiger partial charge in [0.05, 0.1) is 18.6 Å². The minimum Gasteiger partial charge on any atom is -0.486 e. The van der Waals surface area contributed by atoms with Crippen LogP contribution in [0.2, 0.25) is 5.02 Å². The number of carbonyl (C=O) groups excluding carboxylic acids is 1. The van der Waals surface area contributed by atoms with Crippen LogP contribution in [0.5, 0.6) is 5.75 Å². The highest BCUT2D eigenvalue weighted by Gasteiger charge is 2.20. The maximum absolute atomic E-state index is 13.1. The van der Waals surface area contributed by atoms with Crippen molar-refractivity contribution in [1.29, 1.82) is 0 Å². The van der Waals surface area contributed by atoms with Gasteiger partial charge < -0.3 is 14.6 Å². The summed E-state index contributed by atoms with van der Waals surface area (Å²) in [5.41, 5.74) is 2.17. The van der Waals surface area contributed by atoms with E-state index in [1.165, 1.54) is 11.3 Å². The second-order valence-electron chi connectivity index (χ2n) is 6.86. The van der Waals surface area contributed by atoms with Gasteiger partial charge in [0, 0.05) is 10.6 Å². The van der Waals surface area contributed by atoms with Crippen LogP contribution in [0.15, 0.2) is 60.9 Å². The number of imidazole rings is 1. The minimum atomic E-state index is -0.270. The SMILES string of the molecule is C#CCn1cnc(-c2ccccc2)c1NC(=O)c1sc(COc2ccc(Cl)cc2)nc1C. The number of nitrogens with one attached hydrogen (secondary N) is 1. The molecule has 2 aromatic heterocycles. The Morgan fingerprint density at radius 3 is 2.69 bits per heavy atom. The molecule has 0 saturated carbocycles. The van der Waals surface area contributed by atoms with Gasteiger partial charge in [0.15, 0.2) is 0 Å². The summed E-state index contributed by atoms with van der Waals surface area (Å²) in [6.07, 6.45) is 7.12. The summed E-state index contributed by atoms with van der Waals surface area (Å²) in [5, 5.41) is 4.31. The molecule has 0 aliphatic carbocycles. The van der Waals surface area contributed by atoms with Crippen LogP contribution in [-0.2, 0) is 13.2 Å². The highest BCUT2D eigenvalue weighted by molar-refractivity contribution is 7.13. The highest BCUT2D eigenvalue weighted by Crippen LogP contribution is 2.28. The van der Waals surface area contributed by atoms with E-state index in [9.17, 15) is 4.79 Å². The van der Waals surface area contributed by atoms with Crippen LogP contribution in [-0.4, -0.2) is 20.4 Å². The van der Waals surface area contributed by atoms with Crippen LogP contribution in [0, 0.1) is 19.3 Å². The lowest BCUT2D eigenvalue weighted by Crippen LogP contribution is -2.15. The summed E-state index contributed by atoms with van der Waals surface area (Å²) in [5.74, 6) is 3.55. The van der Waals surface area contributed by atoms with Crippen LogP contribution >= 0.6 is 22.9 Å². The second-order valence-corrected chi connectivity index (χ2v) is 8.38. The summed E-state index contributed by atoms with van der Waals surface area (Å²) in [4.78, 5) is 22.6. The fourth-order valence-corrected chi connectivity index (χ4v) is 4.10. The predicted octanol–water partition coefficient (Wildman–Crippen LogP) is 5.43. The Balaban J connectivity index is 1.54. The molecule has 6 nitrogen and oxygen atoms in total. The van der Waals surface area contributed by atoms with Gasteiger partial charge in [0.2, 0.25) is 0 Å². The summed E-state index contributed by atoms with van der Waals surface area (Å²) in [7, 11) is 0. The normalized spacial score (nSPS) is 10.5. The van der Waals surface area contributed by atoms with Crippen molar-refractivity contribution in [3.05, 3.63) is 81.5 Å². The van der Waals surface area contributed by atoms with Crippen molar-refractivity contribution in [1.82, 2.24) is 14.5 Å². The number of nitrogens with zero attached hydrogens (tertiary/aromatic N) is 3. The van der Waals surface area contributed by atoms with Crippen molar-refractivity contribution in [3.63, 3.8) is 0 Å². The topological polar surface area (TPSA) is 69.0 Å². The number of carbonyl (C=O) groups is 1. The average Bonchev–Trinajstić information content (AvgIpc) is 3.37. The number of rotatable bonds is 7. The smallest absolute Gasteiger partial charge is 0.268 e. The van der Waals surface area contributed by atoms with Gasteiger partial charge in [0.25, 0.3) is 5.91 Å². The number of aromatic nitrogens is 3. The Hall–Kier alpha value is -3.60. The van der Waals surface area contributed by atoms with Gasteiger partial charge in [-0.2, -0.15) is 0 Å². The lowest BCUT2D eigenvalue weighted by molar-refractivity contribution is 0.102. The zero-order chi connectivity index (χ0) is 22.5. The molecule has 0 aliphatic rings. The lowest BCUT2D eigenvalue weighted by Gasteiger charge is -2.09. The molecule has 0 aliphatic heterocycles. The quantitative estimate of drug-likeness (QED) is 0.372. The Bertz CT molecular complexity index is 1270. The number of amides is 1. The standard InChI is InChI=1S/C24H19ClN4O2S/c1-3-13-29-15-26-21(17-7-5-4-6-8-17)23(29)28-24(30)22-16(2)27-20(32-22)14-31-19-11-9-18(25)10-12-19/h1,4-12,15H,13-14H2,2H3,(H,28,30). The van der Waals surface area contributed by atoms with E-state index in [0.717, 1.165) is 5.56 Å². The number of halogens is 1. The maximum atomic E-state index is 13.1. The van der Waals surface area contributed by atoms with E-state index in [1.54, 1.807) is 42.1 Å². The lowest BCUT2D eigenvalue weighted by atomic mass is 10.1. The van der Waals surface area contributed by atoms with Crippen molar-refractivity contribution in [3.8, 4) is 29.4 Å². The van der Waals surface area contributed by atoms with Gasteiger partial charge in [-0.1, -0.05) is 47.9 Å². The van der Waals surface area contributed by atoms with E-state index in [2.05, 4.69) is 21.2 Å². The Labute approximate surface area is 194 Å². The number of terminal acetylenes is 1. The summed E-state index contributed by atoms with van der Waals surface area (Å²) < 4.78 is 7.49. The average molecular weight is 463 g/mol. The van der Waals surface area contributed by atoms with Crippen molar-refractivity contribution in [2.75, 3.05) is 5.32 Å². The third-order valence-electron chi connectivity index (χ3n) is 4.60. The van der Waals surface area contributed by atoms with E-state index in [4.69, 9.17) is 22.8 Å². The fourth-order valence-electron chi connectivity index (χ4n) is 3.10. The molecule has 0 atom stereocenters. The highest BCUT2D eigenvalue weighted by atomic mass is 35.5. The van der Waals surface area contributed by atoms with Crippen LogP contribution < -0.4 is 10.1 Å². The predicted molar refractivity (Wildman–Crippen MR) is 127 cm³/mol. The van der Waals surface area contributed by atoms with Crippen molar-refractivity contribution >= 4 is 34.7 Å². The van der Waals surface area contributed by atoms with E-state index >= 15 is 0 Å². The van der Waals surface area contributed by atoms with Crippen molar-refractivity contribution < 1.29 is 9.53 Å². The molecular weight excluding hydrogens is 444 g/mol. The molecule has 0 unspecified atom stereocenters. The van der Waals surface area contributed by atoms with E-state index in [-0.39, 0.29) is 19.1 Å². The number of aryl methyl sites for hydroxylation is 1. The van der Waals surface area contributed by atoms with Crippen molar-refractivity contribution in [2.45, 2.75) is 20.1 Å². The van der Waals surface area contributed by atoms with Gasteiger partial charge in [-0.15, -0.1) is 17.8 Å². The van der Waals surface area contributed by atoms with Crippen LogP contribution in [0.1, 0.15) is 20.4 Å². The number of thiazole rings is 1. The molecule has 2 heterocycles. The van der Waals surface area contributed by atoms with Gasteiger partial charge >= 0.3 is 0 Å². The Morgan fingerprint density at radius 2 is 1.97 bits per heavy atom. The third kappa shape index (κ3) is 4.83. The van der Waals surface area contributed by atoms with Crippen molar-refractivity contribution in [2.24, 2.45) is 0 Å². The Kier molecular flexibility index (Phi) is 6.55. The minimum absolute atomic E-state index is 0.255. The molecule has 0 bridgehead atoms. The second kappa shape index (κ2) is 9.69. The Morgan fingerprint density at radius 1 is 1.22 bits per heavy atom. The fraction of sp³-hybridized carbons (Fsp3) is 0.125. The molecule has 160 valence electrons. The molecule has 0 saturated heterocycles. The molecule has 0 radical (unpaired) electrons. The van der Waals surface area contributed by atoms with Gasteiger partial charge in [-0.25, -0.2) is 9.97 Å². The first kappa shape index (κ1) is 21.6. The summed E-state index contributed by atoms with van der Waals surface area (Å²) in [6.45, 7) is 2.34. The maximum Gasteiger partial charge on any atom is 0.268 e. The first-order chi connectivity index (χ1) is 15.5. The van der Waals surface area contributed by atoms with Crippen LogP contribution in [0.3, 0.4) is 0 Å². The molecule has 0 fully saturated rings.